The summed E-state index contributed by atoms with van der Waals surface area (Å²) in [5.74, 6) is 0. The summed E-state index contributed by atoms with van der Waals surface area (Å²) >= 11 is 0. The lowest BCUT2D eigenvalue weighted by Gasteiger charge is -2.28. The van der Waals surface area contributed by atoms with Crippen LogP contribution in [0.4, 0.5) is 0 Å². The Balaban J connectivity index is 2.27. The molecule has 13 heavy (non-hydrogen) atoms. The molecule has 0 heterocycles. The Labute approximate surface area is 81.9 Å². The largest absolute Gasteiger partial charge is 0.395 e. The molecule has 0 saturated heterocycles. The smallest absolute Gasteiger partial charge is 0.0558 e. The van der Waals surface area contributed by atoms with E-state index in [4.69, 9.17) is 5.11 Å². The van der Waals surface area contributed by atoms with Crippen LogP contribution in [0.15, 0.2) is 0 Å². The van der Waals surface area contributed by atoms with Crippen LogP contribution in [0.3, 0.4) is 0 Å². The van der Waals surface area contributed by atoms with Crippen LogP contribution < -0.4 is 0 Å². The van der Waals surface area contributed by atoms with E-state index in [1.165, 1.54) is 44.9 Å². The van der Waals surface area contributed by atoms with Crippen LogP contribution in [0.2, 0.25) is 0 Å². The van der Waals surface area contributed by atoms with Gasteiger partial charge in [0.2, 0.25) is 0 Å². The maximum absolute atomic E-state index is 8.85. The standard InChI is InChI=1S/C11H23NO/c1-12(9-10-13)11-7-5-3-2-4-6-8-11/h11,13H,2-10H2,1H3. The molecular weight excluding hydrogens is 162 g/mol. The van der Waals surface area contributed by atoms with Crippen LogP contribution in [-0.2, 0) is 0 Å². The van der Waals surface area contributed by atoms with Crippen molar-refractivity contribution in [1.29, 1.82) is 0 Å². The van der Waals surface area contributed by atoms with Crippen molar-refractivity contribution in [2.24, 2.45) is 0 Å². The molecule has 0 aliphatic heterocycles. The van der Waals surface area contributed by atoms with E-state index in [9.17, 15) is 0 Å². The van der Waals surface area contributed by atoms with Crippen molar-refractivity contribution in [1.82, 2.24) is 4.90 Å². The van der Waals surface area contributed by atoms with Gasteiger partial charge in [-0.15, -0.1) is 0 Å². The molecule has 0 radical (unpaired) electrons. The number of aliphatic hydroxyl groups excluding tert-OH is 1. The van der Waals surface area contributed by atoms with Gasteiger partial charge in [0.25, 0.3) is 0 Å². The number of hydrogen-bond acceptors (Lipinski definition) is 2. The van der Waals surface area contributed by atoms with E-state index in [1.807, 2.05) is 0 Å². The Bertz CT molecular complexity index is 119. The lowest BCUT2D eigenvalue weighted by Crippen LogP contribution is -2.34. The van der Waals surface area contributed by atoms with Crippen LogP contribution in [-0.4, -0.2) is 36.2 Å². The van der Waals surface area contributed by atoms with Crippen molar-refractivity contribution in [2.45, 2.75) is 51.0 Å². The first-order valence-electron chi connectivity index (χ1n) is 5.65. The van der Waals surface area contributed by atoms with Crippen molar-refractivity contribution in [3.8, 4) is 0 Å². The van der Waals surface area contributed by atoms with Gasteiger partial charge in [-0.05, 0) is 19.9 Å². The lowest BCUT2D eigenvalue weighted by atomic mass is 9.96. The minimum absolute atomic E-state index is 0.299. The van der Waals surface area contributed by atoms with Gasteiger partial charge in [-0.1, -0.05) is 32.1 Å². The average molecular weight is 185 g/mol. The van der Waals surface area contributed by atoms with E-state index < -0.39 is 0 Å². The normalized spacial score (nSPS) is 21.5. The summed E-state index contributed by atoms with van der Waals surface area (Å²) in [7, 11) is 2.14. The zero-order valence-corrected chi connectivity index (χ0v) is 8.84. The molecule has 1 aliphatic rings. The van der Waals surface area contributed by atoms with E-state index in [2.05, 4.69) is 11.9 Å². The van der Waals surface area contributed by atoms with E-state index in [1.54, 1.807) is 0 Å². The summed E-state index contributed by atoms with van der Waals surface area (Å²) in [5.41, 5.74) is 0. The predicted octanol–water partition coefficient (Wildman–Crippen LogP) is 2.02. The quantitative estimate of drug-likeness (QED) is 0.727. The minimum atomic E-state index is 0.299. The van der Waals surface area contributed by atoms with Gasteiger partial charge in [-0.25, -0.2) is 0 Å². The fourth-order valence-corrected chi connectivity index (χ4v) is 2.22. The molecule has 0 bridgehead atoms. The van der Waals surface area contributed by atoms with Crippen molar-refractivity contribution in [3.63, 3.8) is 0 Å². The maximum Gasteiger partial charge on any atom is 0.0558 e. The third-order valence-corrected chi connectivity index (χ3v) is 3.15. The maximum atomic E-state index is 8.85. The SMILES string of the molecule is CN(CCO)C1CCCCCCC1. The molecule has 2 heteroatoms. The number of rotatable bonds is 3. The molecule has 0 atom stereocenters. The highest BCUT2D eigenvalue weighted by molar-refractivity contribution is 4.71. The summed E-state index contributed by atoms with van der Waals surface area (Å²) < 4.78 is 0. The minimum Gasteiger partial charge on any atom is -0.395 e. The summed E-state index contributed by atoms with van der Waals surface area (Å²) in [6.07, 6.45) is 9.65. The second-order valence-electron chi connectivity index (χ2n) is 4.20. The lowest BCUT2D eigenvalue weighted by molar-refractivity contribution is 0.159. The van der Waals surface area contributed by atoms with E-state index >= 15 is 0 Å². The van der Waals surface area contributed by atoms with Crippen molar-refractivity contribution < 1.29 is 5.11 Å². The molecule has 0 aromatic rings. The fraction of sp³-hybridized carbons (Fsp3) is 1.00. The number of aliphatic hydroxyl groups is 1. The van der Waals surface area contributed by atoms with Crippen molar-refractivity contribution in [3.05, 3.63) is 0 Å². The van der Waals surface area contributed by atoms with Crippen LogP contribution in [0, 0.1) is 0 Å². The third-order valence-electron chi connectivity index (χ3n) is 3.15. The monoisotopic (exact) mass is 185 g/mol. The molecule has 1 N–H and O–H groups in total. The Hall–Kier alpha value is -0.0800. The summed E-state index contributed by atoms with van der Waals surface area (Å²) in [6, 6.07) is 0.729. The Kier molecular flexibility index (Phi) is 5.40. The molecule has 1 fully saturated rings. The zero-order valence-electron chi connectivity index (χ0n) is 8.84. The molecule has 1 saturated carbocycles. The molecule has 1 rings (SSSR count). The van der Waals surface area contributed by atoms with Gasteiger partial charge in [0.15, 0.2) is 0 Å². The highest BCUT2D eigenvalue weighted by Gasteiger charge is 2.14. The van der Waals surface area contributed by atoms with Crippen LogP contribution in [0.1, 0.15) is 44.9 Å². The average Bonchev–Trinajstić information content (AvgIpc) is 2.03. The highest BCUT2D eigenvalue weighted by Crippen LogP contribution is 2.20. The van der Waals surface area contributed by atoms with Gasteiger partial charge < -0.3 is 10.0 Å². The molecule has 0 aromatic carbocycles. The molecule has 0 amide bonds. The molecule has 1 aliphatic carbocycles. The fourth-order valence-electron chi connectivity index (χ4n) is 2.22. The first-order chi connectivity index (χ1) is 6.34. The first kappa shape index (κ1) is 11.0. The van der Waals surface area contributed by atoms with Gasteiger partial charge in [-0.3, -0.25) is 0 Å². The third kappa shape index (κ3) is 4.10. The Morgan fingerprint density at radius 1 is 1.08 bits per heavy atom. The summed E-state index contributed by atoms with van der Waals surface area (Å²) in [5, 5.41) is 8.85. The first-order valence-corrected chi connectivity index (χ1v) is 5.65. The molecule has 0 aromatic heterocycles. The molecule has 0 unspecified atom stereocenters. The van der Waals surface area contributed by atoms with Crippen LogP contribution in [0.25, 0.3) is 0 Å². The van der Waals surface area contributed by atoms with Gasteiger partial charge in [0.1, 0.15) is 0 Å². The van der Waals surface area contributed by atoms with Crippen LogP contribution in [0.5, 0.6) is 0 Å². The van der Waals surface area contributed by atoms with Gasteiger partial charge in [0.05, 0.1) is 6.61 Å². The van der Waals surface area contributed by atoms with E-state index in [-0.39, 0.29) is 0 Å². The second-order valence-corrected chi connectivity index (χ2v) is 4.20. The van der Waals surface area contributed by atoms with Crippen molar-refractivity contribution in [2.75, 3.05) is 20.2 Å². The topological polar surface area (TPSA) is 23.5 Å². The van der Waals surface area contributed by atoms with Crippen LogP contribution >= 0.6 is 0 Å². The zero-order chi connectivity index (χ0) is 9.52. The molecular formula is C11H23NO. The van der Waals surface area contributed by atoms with E-state index in [0.29, 0.717) is 6.61 Å². The summed E-state index contributed by atoms with van der Waals surface area (Å²) in [6.45, 7) is 1.14. The number of hydrogen-bond donors (Lipinski definition) is 1. The van der Waals surface area contributed by atoms with Gasteiger partial charge in [0, 0.05) is 12.6 Å². The van der Waals surface area contributed by atoms with Gasteiger partial charge in [-0.2, -0.15) is 0 Å². The second kappa shape index (κ2) is 6.39. The summed E-state index contributed by atoms with van der Waals surface area (Å²) in [4.78, 5) is 2.32. The van der Waals surface area contributed by atoms with Gasteiger partial charge >= 0.3 is 0 Å². The Morgan fingerprint density at radius 2 is 1.62 bits per heavy atom. The number of nitrogens with zero attached hydrogens (tertiary/aromatic N) is 1. The highest BCUT2D eigenvalue weighted by atomic mass is 16.3. The Morgan fingerprint density at radius 3 is 2.15 bits per heavy atom. The predicted molar refractivity (Wildman–Crippen MR) is 55.8 cm³/mol. The molecule has 0 spiro atoms. The molecule has 78 valence electrons. The van der Waals surface area contributed by atoms with Crippen molar-refractivity contribution >= 4 is 0 Å². The molecule has 2 nitrogen and oxygen atoms in total. The number of likely N-dealkylation sites (N-methyl/N-ethyl adjacent to an activating group) is 1. The van der Waals surface area contributed by atoms with E-state index in [0.717, 1.165) is 12.6 Å².